The lowest BCUT2D eigenvalue weighted by atomic mass is 9.93. The van der Waals surface area contributed by atoms with E-state index in [1.807, 2.05) is 17.0 Å². The lowest BCUT2D eigenvalue weighted by Crippen LogP contribution is -2.40. The van der Waals surface area contributed by atoms with Gasteiger partial charge in [-0.1, -0.05) is 38.1 Å². The third-order valence-corrected chi connectivity index (χ3v) is 3.72. The predicted octanol–water partition coefficient (Wildman–Crippen LogP) is 2.05. The van der Waals surface area contributed by atoms with Gasteiger partial charge in [0.2, 0.25) is 0 Å². The molecule has 4 nitrogen and oxygen atoms in total. The number of nitrogens with zero attached hydrogens (tertiary/aromatic N) is 1. The molecule has 1 aliphatic rings. The van der Waals surface area contributed by atoms with Gasteiger partial charge in [0.15, 0.2) is 0 Å². The Balaban J connectivity index is 2.10. The van der Waals surface area contributed by atoms with E-state index in [0.717, 1.165) is 0 Å². The summed E-state index contributed by atoms with van der Waals surface area (Å²) in [6, 6.07) is 8.29. The van der Waals surface area contributed by atoms with Crippen molar-refractivity contribution in [1.29, 1.82) is 0 Å². The Labute approximate surface area is 115 Å². The third-order valence-electron chi connectivity index (χ3n) is 3.72. The van der Waals surface area contributed by atoms with Crippen molar-refractivity contribution in [2.75, 3.05) is 19.6 Å². The van der Waals surface area contributed by atoms with Gasteiger partial charge in [0.25, 0.3) is 0 Å². The minimum atomic E-state index is -0.0437. The molecule has 0 spiro atoms. The van der Waals surface area contributed by atoms with Crippen LogP contribution in [0.5, 0.6) is 0 Å². The van der Waals surface area contributed by atoms with Crippen molar-refractivity contribution in [3.05, 3.63) is 35.4 Å². The summed E-state index contributed by atoms with van der Waals surface area (Å²) in [7, 11) is 0. The first-order valence-corrected chi connectivity index (χ1v) is 6.74. The molecule has 19 heavy (non-hydrogen) atoms. The molecule has 0 aromatic heterocycles. The van der Waals surface area contributed by atoms with E-state index < -0.39 is 0 Å². The first kappa shape index (κ1) is 13.9. The monoisotopic (exact) mass is 261 g/mol. The molecule has 0 bridgehead atoms. The maximum Gasteiger partial charge on any atom is 0.318 e. The zero-order chi connectivity index (χ0) is 14.0. The minimum absolute atomic E-state index is 0.00905. The fourth-order valence-electron chi connectivity index (χ4n) is 2.46. The van der Waals surface area contributed by atoms with Gasteiger partial charge in [-0.25, -0.2) is 4.79 Å². The van der Waals surface area contributed by atoms with Crippen LogP contribution in [0.3, 0.4) is 0 Å². The average Bonchev–Trinajstić information content (AvgIpc) is 2.71. The molecule has 1 atom stereocenters. The van der Waals surface area contributed by atoms with E-state index in [1.54, 1.807) is 0 Å². The molecule has 2 rings (SSSR count). The summed E-state index contributed by atoms with van der Waals surface area (Å²) in [6.45, 7) is 8.23. The number of rotatable bonds is 4. The van der Waals surface area contributed by atoms with Gasteiger partial charge in [0.05, 0.1) is 6.04 Å². The molecule has 1 saturated heterocycles. The minimum Gasteiger partial charge on any atom is -0.330 e. The fourth-order valence-corrected chi connectivity index (χ4v) is 2.46. The van der Waals surface area contributed by atoms with Gasteiger partial charge >= 0.3 is 6.03 Å². The number of hydrogen-bond donors (Lipinski definition) is 2. The lowest BCUT2D eigenvalue weighted by molar-refractivity contribution is 0.191. The van der Waals surface area contributed by atoms with Crippen LogP contribution in [-0.2, 0) is 0 Å². The highest BCUT2D eigenvalue weighted by Crippen LogP contribution is 2.25. The van der Waals surface area contributed by atoms with Crippen LogP contribution in [0.1, 0.15) is 31.0 Å². The maximum absolute atomic E-state index is 12.0. The van der Waals surface area contributed by atoms with Gasteiger partial charge in [-0.15, -0.1) is 0 Å². The van der Waals surface area contributed by atoms with Gasteiger partial charge in [-0.2, -0.15) is 0 Å². The number of benzene rings is 1. The molecule has 3 N–H and O–H groups in total. The van der Waals surface area contributed by atoms with Gasteiger partial charge < -0.3 is 16.0 Å². The van der Waals surface area contributed by atoms with E-state index >= 15 is 0 Å². The number of carbonyl (C=O) groups is 1. The number of urea groups is 1. The van der Waals surface area contributed by atoms with Gasteiger partial charge in [-0.3, -0.25) is 0 Å². The smallest absolute Gasteiger partial charge is 0.318 e. The molecule has 1 heterocycles. The summed E-state index contributed by atoms with van der Waals surface area (Å²) in [5.41, 5.74) is 8.11. The van der Waals surface area contributed by atoms with Crippen LogP contribution in [0.15, 0.2) is 24.3 Å². The second-order valence-corrected chi connectivity index (χ2v) is 6.11. The van der Waals surface area contributed by atoms with Crippen molar-refractivity contribution in [3.63, 3.8) is 0 Å². The van der Waals surface area contributed by atoms with Crippen LogP contribution in [0.2, 0.25) is 0 Å². The molecule has 1 aliphatic heterocycles. The Morgan fingerprint density at radius 1 is 1.42 bits per heavy atom. The second kappa shape index (κ2) is 5.21. The number of aryl methyl sites for hydroxylation is 1. The summed E-state index contributed by atoms with van der Waals surface area (Å²) >= 11 is 0. The summed E-state index contributed by atoms with van der Waals surface area (Å²) in [5.74, 6) is 0. The maximum atomic E-state index is 12.0. The normalized spacial score (nSPS) is 19.7. The summed E-state index contributed by atoms with van der Waals surface area (Å²) in [4.78, 5) is 13.9. The molecule has 0 aliphatic carbocycles. The van der Waals surface area contributed by atoms with E-state index in [1.165, 1.54) is 11.1 Å². The average molecular weight is 261 g/mol. The molecule has 4 heteroatoms. The molecule has 104 valence electrons. The number of nitrogens with one attached hydrogen (secondary N) is 1. The molecule has 2 amide bonds. The highest BCUT2D eigenvalue weighted by molar-refractivity contribution is 5.77. The van der Waals surface area contributed by atoms with Crippen LogP contribution in [0, 0.1) is 12.3 Å². The molecule has 1 aromatic rings. The van der Waals surface area contributed by atoms with E-state index in [4.69, 9.17) is 5.73 Å². The SMILES string of the molecule is Cc1ccccc1C1CN(CC(C)(C)CN)C(=O)N1. The zero-order valence-corrected chi connectivity index (χ0v) is 11.9. The van der Waals surface area contributed by atoms with E-state index in [0.29, 0.717) is 19.6 Å². The van der Waals surface area contributed by atoms with E-state index in [2.05, 4.69) is 38.2 Å². The van der Waals surface area contributed by atoms with Crippen LogP contribution >= 0.6 is 0 Å². The largest absolute Gasteiger partial charge is 0.330 e. The second-order valence-electron chi connectivity index (χ2n) is 6.11. The van der Waals surface area contributed by atoms with Crippen molar-refractivity contribution in [2.45, 2.75) is 26.8 Å². The van der Waals surface area contributed by atoms with E-state index in [-0.39, 0.29) is 17.5 Å². The van der Waals surface area contributed by atoms with Crippen molar-refractivity contribution in [1.82, 2.24) is 10.2 Å². The summed E-state index contributed by atoms with van der Waals surface area (Å²) in [6.07, 6.45) is 0. The number of nitrogens with two attached hydrogens (primary N) is 1. The highest BCUT2D eigenvalue weighted by atomic mass is 16.2. The predicted molar refractivity (Wildman–Crippen MR) is 76.9 cm³/mol. The van der Waals surface area contributed by atoms with E-state index in [9.17, 15) is 4.79 Å². The Morgan fingerprint density at radius 3 is 2.74 bits per heavy atom. The Morgan fingerprint density at radius 2 is 2.11 bits per heavy atom. The topological polar surface area (TPSA) is 58.4 Å². The number of amides is 2. The van der Waals surface area contributed by atoms with Crippen molar-refractivity contribution < 1.29 is 4.79 Å². The van der Waals surface area contributed by atoms with Crippen LogP contribution in [0.4, 0.5) is 4.79 Å². The lowest BCUT2D eigenvalue weighted by Gasteiger charge is -2.28. The number of hydrogen-bond acceptors (Lipinski definition) is 2. The Bertz CT molecular complexity index is 470. The van der Waals surface area contributed by atoms with Gasteiger partial charge in [0.1, 0.15) is 0 Å². The van der Waals surface area contributed by atoms with Gasteiger partial charge in [0, 0.05) is 13.1 Å². The van der Waals surface area contributed by atoms with Crippen LogP contribution in [0.25, 0.3) is 0 Å². The standard InChI is InChI=1S/C15H23N3O/c1-11-6-4-5-7-12(11)13-8-18(14(19)17-13)10-15(2,3)9-16/h4-7,13H,8-10,16H2,1-3H3,(H,17,19). The zero-order valence-electron chi connectivity index (χ0n) is 11.9. The third kappa shape index (κ3) is 3.07. The first-order valence-electron chi connectivity index (χ1n) is 6.74. The molecule has 0 radical (unpaired) electrons. The Hall–Kier alpha value is -1.55. The first-order chi connectivity index (χ1) is 8.93. The summed E-state index contributed by atoms with van der Waals surface area (Å²) in [5, 5.41) is 3.05. The molecule has 0 saturated carbocycles. The van der Waals surface area contributed by atoms with Crippen molar-refractivity contribution in [3.8, 4) is 0 Å². The molecule has 1 aromatic carbocycles. The molecule has 1 fully saturated rings. The van der Waals surface area contributed by atoms with Crippen LogP contribution in [-0.4, -0.2) is 30.6 Å². The molecule has 1 unspecified atom stereocenters. The highest BCUT2D eigenvalue weighted by Gasteiger charge is 2.33. The number of carbonyl (C=O) groups excluding carboxylic acids is 1. The van der Waals surface area contributed by atoms with Crippen molar-refractivity contribution >= 4 is 6.03 Å². The quantitative estimate of drug-likeness (QED) is 0.871. The van der Waals surface area contributed by atoms with Gasteiger partial charge in [-0.05, 0) is 30.0 Å². The summed E-state index contributed by atoms with van der Waals surface area (Å²) < 4.78 is 0. The van der Waals surface area contributed by atoms with Crippen molar-refractivity contribution in [2.24, 2.45) is 11.1 Å². The molecular weight excluding hydrogens is 238 g/mol. The Kier molecular flexibility index (Phi) is 3.80. The fraction of sp³-hybridized carbons (Fsp3) is 0.533. The molecular formula is C15H23N3O. The van der Waals surface area contributed by atoms with Crippen LogP contribution < -0.4 is 11.1 Å².